The van der Waals surface area contributed by atoms with Gasteiger partial charge in [0.25, 0.3) is 0 Å². The van der Waals surface area contributed by atoms with E-state index in [9.17, 15) is 9.59 Å². The molecule has 16 heavy (non-hydrogen) atoms. The Balaban J connectivity index is 1.92. The topological polar surface area (TPSA) is 69.6 Å². The van der Waals surface area contributed by atoms with E-state index in [-0.39, 0.29) is 24.3 Å². The van der Waals surface area contributed by atoms with Crippen LogP contribution in [-0.2, 0) is 9.59 Å². The number of nitrogens with one attached hydrogen (secondary N) is 1. The standard InChI is InChI=1S/C11H18N2O3/c14-10(15)6-8-3-5-13(11(8)16)9-2-1-4-12-7-9/h8-9,12H,1-7H2,(H,14,15). The van der Waals surface area contributed by atoms with Crippen LogP contribution in [0.5, 0.6) is 0 Å². The molecular weight excluding hydrogens is 208 g/mol. The van der Waals surface area contributed by atoms with Gasteiger partial charge in [-0.3, -0.25) is 9.59 Å². The van der Waals surface area contributed by atoms with Gasteiger partial charge in [-0.1, -0.05) is 0 Å². The highest BCUT2D eigenvalue weighted by molar-refractivity contribution is 5.85. The summed E-state index contributed by atoms with van der Waals surface area (Å²) in [5.41, 5.74) is 0. The fourth-order valence-electron chi connectivity index (χ4n) is 2.63. The molecule has 0 saturated carbocycles. The lowest BCUT2D eigenvalue weighted by molar-refractivity contribution is -0.142. The number of carbonyl (C=O) groups excluding carboxylic acids is 1. The van der Waals surface area contributed by atoms with Gasteiger partial charge in [-0.15, -0.1) is 0 Å². The zero-order valence-electron chi connectivity index (χ0n) is 9.32. The van der Waals surface area contributed by atoms with Gasteiger partial charge in [-0.05, 0) is 25.8 Å². The number of hydrogen-bond donors (Lipinski definition) is 2. The summed E-state index contributed by atoms with van der Waals surface area (Å²) in [6.45, 7) is 2.60. The molecule has 2 saturated heterocycles. The highest BCUT2D eigenvalue weighted by atomic mass is 16.4. The normalized spacial score (nSPS) is 30.8. The molecule has 0 radical (unpaired) electrons. The van der Waals surface area contributed by atoms with Gasteiger partial charge >= 0.3 is 5.97 Å². The Morgan fingerprint density at radius 1 is 1.50 bits per heavy atom. The number of rotatable bonds is 3. The molecule has 2 aliphatic rings. The van der Waals surface area contributed by atoms with Crippen molar-refractivity contribution in [2.75, 3.05) is 19.6 Å². The number of likely N-dealkylation sites (tertiary alicyclic amines) is 1. The third kappa shape index (κ3) is 2.35. The van der Waals surface area contributed by atoms with Gasteiger partial charge < -0.3 is 15.3 Å². The summed E-state index contributed by atoms with van der Waals surface area (Å²) < 4.78 is 0. The number of amides is 1. The molecule has 1 amide bonds. The van der Waals surface area contributed by atoms with Crippen molar-refractivity contribution in [2.24, 2.45) is 5.92 Å². The lowest BCUT2D eigenvalue weighted by Gasteiger charge is -2.31. The van der Waals surface area contributed by atoms with Crippen LogP contribution in [-0.4, -0.2) is 47.6 Å². The van der Waals surface area contributed by atoms with Crippen molar-refractivity contribution in [1.29, 1.82) is 0 Å². The molecule has 0 aliphatic carbocycles. The average Bonchev–Trinajstić information content (AvgIpc) is 2.61. The summed E-state index contributed by atoms with van der Waals surface area (Å²) >= 11 is 0. The third-order valence-corrected chi connectivity index (χ3v) is 3.48. The molecule has 90 valence electrons. The first-order valence-corrected chi connectivity index (χ1v) is 5.91. The summed E-state index contributed by atoms with van der Waals surface area (Å²) in [6.07, 6.45) is 2.81. The fourth-order valence-corrected chi connectivity index (χ4v) is 2.63. The van der Waals surface area contributed by atoms with Crippen molar-refractivity contribution in [3.63, 3.8) is 0 Å². The van der Waals surface area contributed by atoms with Crippen LogP contribution in [0.25, 0.3) is 0 Å². The summed E-state index contributed by atoms with van der Waals surface area (Å²) in [4.78, 5) is 24.5. The Labute approximate surface area is 94.8 Å². The largest absolute Gasteiger partial charge is 0.481 e. The molecule has 2 aliphatic heterocycles. The van der Waals surface area contributed by atoms with E-state index >= 15 is 0 Å². The van der Waals surface area contributed by atoms with Crippen molar-refractivity contribution in [3.8, 4) is 0 Å². The van der Waals surface area contributed by atoms with Crippen LogP contribution >= 0.6 is 0 Å². The first-order chi connectivity index (χ1) is 7.68. The molecule has 2 unspecified atom stereocenters. The molecular formula is C11H18N2O3. The van der Waals surface area contributed by atoms with Gasteiger partial charge in [0.2, 0.25) is 5.91 Å². The summed E-state index contributed by atoms with van der Waals surface area (Å²) in [5, 5.41) is 12.0. The minimum atomic E-state index is -0.873. The van der Waals surface area contributed by atoms with Crippen LogP contribution in [0.2, 0.25) is 0 Å². The van der Waals surface area contributed by atoms with Crippen molar-refractivity contribution in [3.05, 3.63) is 0 Å². The van der Waals surface area contributed by atoms with Gasteiger partial charge in [0.05, 0.1) is 12.3 Å². The second kappa shape index (κ2) is 4.82. The molecule has 2 N–H and O–H groups in total. The molecule has 0 bridgehead atoms. The third-order valence-electron chi connectivity index (χ3n) is 3.48. The van der Waals surface area contributed by atoms with Gasteiger partial charge in [-0.2, -0.15) is 0 Å². The van der Waals surface area contributed by atoms with Crippen LogP contribution in [0, 0.1) is 5.92 Å². The number of carboxylic acids is 1. The SMILES string of the molecule is O=C(O)CC1CCN(C2CCCNC2)C1=O. The Kier molecular flexibility index (Phi) is 3.43. The zero-order chi connectivity index (χ0) is 11.5. The van der Waals surface area contributed by atoms with E-state index in [0.29, 0.717) is 6.42 Å². The van der Waals surface area contributed by atoms with Crippen molar-refractivity contribution in [1.82, 2.24) is 10.2 Å². The first-order valence-electron chi connectivity index (χ1n) is 5.91. The van der Waals surface area contributed by atoms with E-state index in [0.717, 1.165) is 32.5 Å². The zero-order valence-corrected chi connectivity index (χ0v) is 9.32. The van der Waals surface area contributed by atoms with E-state index in [4.69, 9.17) is 5.11 Å². The molecule has 2 fully saturated rings. The average molecular weight is 226 g/mol. The maximum atomic E-state index is 12.0. The van der Waals surface area contributed by atoms with Gasteiger partial charge in [0, 0.05) is 19.1 Å². The van der Waals surface area contributed by atoms with Crippen LogP contribution in [0.3, 0.4) is 0 Å². The lowest BCUT2D eigenvalue weighted by Crippen LogP contribution is -2.47. The predicted octanol–water partition coefficient (Wildman–Crippen LogP) is 0.0616. The number of hydrogen-bond acceptors (Lipinski definition) is 3. The van der Waals surface area contributed by atoms with Crippen molar-refractivity contribution < 1.29 is 14.7 Å². The van der Waals surface area contributed by atoms with Crippen molar-refractivity contribution in [2.45, 2.75) is 31.7 Å². The second-order valence-corrected chi connectivity index (χ2v) is 4.62. The second-order valence-electron chi connectivity index (χ2n) is 4.62. The monoisotopic (exact) mass is 226 g/mol. The molecule has 5 heteroatoms. The minimum Gasteiger partial charge on any atom is -0.481 e. The Morgan fingerprint density at radius 3 is 2.94 bits per heavy atom. The van der Waals surface area contributed by atoms with E-state index < -0.39 is 5.97 Å². The van der Waals surface area contributed by atoms with Gasteiger partial charge in [0.15, 0.2) is 0 Å². The predicted molar refractivity (Wildman–Crippen MR) is 58.0 cm³/mol. The lowest BCUT2D eigenvalue weighted by atomic mass is 10.0. The molecule has 2 rings (SSSR count). The Hall–Kier alpha value is -1.10. The van der Waals surface area contributed by atoms with E-state index in [2.05, 4.69) is 5.32 Å². The summed E-state index contributed by atoms with van der Waals surface area (Å²) in [7, 11) is 0. The van der Waals surface area contributed by atoms with Crippen LogP contribution in [0.15, 0.2) is 0 Å². The number of piperidine rings is 1. The van der Waals surface area contributed by atoms with E-state index in [1.807, 2.05) is 4.90 Å². The molecule has 0 aromatic carbocycles. The molecule has 0 aromatic rings. The Morgan fingerprint density at radius 2 is 2.31 bits per heavy atom. The maximum Gasteiger partial charge on any atom is 0.304 e. The van der Waals surface area contributed by atoms with Gasteiger partial charge in [-0.25, -0.2) is 0 Å². The molecule has 2 heterocycles. The number of carboxylic acid groups (broad SMARTS) is 1. The Bertz CT molecular complexity index is 287. The molecule has 5 nitrogen and oxygen atoms in total. The molecule has 0 spiro atoms. The highest BCUT2D eigenvalue weighted by Crippen LogP contribution is 2.25. The first kappa shape index (κ1) is 11.4. The minimum absolute atomic E-state index is 0.0184. The van der Waals surface area contributed by atoms with Crippen LogP contribution in [0.4, 0.5) is 0 Å². The van der Waals surface area contributed by atoms with Crippen LogP contribution < -0.4 is 5.32 Å². The fraction of sp³-hybridized carbons (Fsp3) is 0.818. The molecule has 2 atom stereocenters. The number of aliphatic carboxylic acids is 1. The van der Waals surface area contributed by atoms with Crippen LogP contribution in [0.1, 0.15) is 25.7 Å². The quantitative estimate of drug-likeness (QED) is 0.714. The van der Waals surface area contributed by atoms with E-state index in [1.165, 1.54) is 0 Å². The van der Waals surface area contributed by atoms with E-state index in [1.54, 1.807) is 0 Å². The maximum absolute atomic E-state index is 12.0. The summed E-state index contributed by atoms with van der Waals surface area (Å²) in [6, 6.07) is 0.278. The number of carbonyl (C=O) groups is 2. The smallest absolute Gasteiger partial charge is 0.304 e. The van der Waals surface area contributed by atoms with Crippen molar-refractivity contribution >= 4 is 11.9 Å². The highest BCUT2D eigenvalue weighted by Gasteiger charge is 2.37. The van der Waals surface area contributed by atoms with Gasteiger partial charge in [0.1, 0.15) is 0 Å². The number of nitrogens with zero attached hydrogens (tertiary/aromatic N) is 1. The molecule has 0 aromatic heterocycles. The summed E-state index contributed by atoms with van der Waals surface area (Å²) in [5.74, 6) is -1.13.